The summed E-state index contributed by atoms with van der Waals surface area (Å²) in [7, 11) is 0. The minimum atomic E-state index is -1.47. The van der Waals surface area contributed by atoms with E-state index in [0.717, 1.165) is 11.1 Å². The van der Waals surface area contributed by atoms with Crippen molar-refractivity contribution in [1.29, 1.82) is 0 Å². The van der Waals surface area contributed by atoms with Gasteiger partial charge in [0.05, 0.1) is 6.04 Å². The van der Waals surface area contributed by atoms with Gasteiger partial charge in [0.25, 0.3) is 0 Å². The summed E-state index contributed by atoms with van der Waals surface area (Å²) < 4.78 is 0. The lowest BCUT2D eigenvalue weighted by Gasteiger charge is -2.29. The van der Waals surface area contributed by atoms with Crippen LogP contribution in [0.25, 0.3) is 0 Å². The van der Waals surface area contributed by atoms with Crippen LogP contribution < -0.4 is 21.7 Å². The van der Waals surface area contributed by atoms with Crippen molar-refractivity contribution in [3.05, 3.63) is 65.7 Å². The number of carbonyl (C=O) groups excluding carboxylic acids is 3. The highest BCUT2D eigenvalue weighted by molar-refractivity contribution is 5.87. The van der Waals surface area contributed by atoms with E-state index >= 15 is 0 Å². The first-order valence-corrected chi connectivity index (χ1v) is 10.7. The maximum Gasteiger partial charge on any atom is 0.242 e. The molecule has 0 aliphatic heterocycles. The Morgan fingerprint density at radius 1 is 0.970 bits per heavy atom. The summed E-state index contributed by atoms with van der Waals surface area (Å²) in [5.74, 6) is -1.25. The van der Waals surface area contributed by atoms with Crippen LogP contribution in [0.3, 0.4) is 0 Å². The summed E-state index contributed by atoms with van der Waals surface area (Å²) in [6.45, 7) is 2.92. The molecule has 3 amide bonds. The normalized spacial score (nSPS) is 14.5. The summed E-state index contributed by atoms with van der Waals surface area (Å²) in [6, 6.07) is 14.0. The fourth-order valence-corrected chi connectivity index (χ4v) is 3.39. The average Bonchev–Trinajstić information content (AvgIpc) is 2.74. The Morgan fingerprint density at radius 2 is 1.55 bits per heavy atom. The zero-order valence-electron chi connectivity index (χ0n) is 18.9. The average molecular weight is 457 g/mol. The third kappa shape index (κ3) is 9.30. The van der Waals surface area contributed by atoms with E-state index in [1.807, 2.05) is 30.3 Å². The number of aromatic hydroxyl groups is 1. The predicted molar refractivity (Wildman–Crippen MR) is 124 cm³/mol. The molecule has 9 heteroatoms. The first-order chi connectivity index (χ1) is 15.6. The van der Waals surface area contributed by atoms with Gasteiger partial charge in [0.2, 0.25) is 17.7 Å². The highest BCUT2D eigenvalue weighted by Crippen LogP contribution is 2.12. The van der Waals surface area contributed by atoms with Gasteiger partial charge in [0.15, 0.2) is 0 Å². The van der Waals surface area contributed by atoms with E-state index in [-0.39, 0.29) is 31.0 Å². The van der Waals surface area contributed by atoms with Crippen LogP contribution in [0.2, 0.25) is 0 Å². The first kappa shape index (κ1) is 25.8. The molecule has 3 atom stereocenters. The van der Waals surface area contributed by atoms with E-state index < -0.39 is 29.6 Å². The maximum absolute atomic E-state index is 12.7. The maximum atomic E-state index is 12.7. The molecule has 0 fully saturated rings. The second-order valence-corrected chi connectivity index (χ2v) is 8.23. The number of aliphatic hydroxyl groups is 1. The molecule has 9 nitrogen and oxygen atoms in total. The molecule has 0 spiro atoms. The number of phenolic OH excluding ortho intramolecular Hbond substituents is 1. The van der Waals surface area contributed by atoms with Gasteiger partial charge in [-0.05, 0) is 36.6 Å². The van der Waals surface area contributed by atoms with Gasteiger partial charge in [-0.2, -0.15) is 0 Å². The monoisotopic (exact) mass is 456 g/mol. The lowest BCUT2D eigenvalue weighted by Crippen LogP contribution is -2.55. The number of nitrogens with one attached hydrogen (secondary N) is 3. The van der Waals surface area contributed by atoms with Crippen LogP contribution in [-0.2, 0) is 27.2 Å². The molecule has 0 aliphatic rings. The SMILES string of the molecule is CC(=O)NC(Cc1ccc(O)cc1)C(=O)NCC[C@@](C)(O)NC(Cc1ccccc1)C(N)=O. The first-order valence-electron chi connectivity index (χ1n) is 10.7. The Morgan fingerprint density at radius 3 is 2.12 bits per heavy atom. The number of amides is 3. The molecule has 0 radical (unpaired) electrons. The van der Waals surface area contributed by atoms with Crippen molar-refractivity contribution in [2.75, 3.05) is 6.54 Å². The van der Waals surface area contributed by atoms with Gasteiger partial charge in [-0.25, -0.2) is 0 Å². The van der Waals surface area contributed by atoms with Crippen LogP contribution in [0.4, 0.5) is 0 Å². The highest BCUT2D eigenvalue weighted by Gasteiger charge is 2.28. The number of benzene rings is 2. The molecule has 0 saturated heterocycles. The second kappa shape index (κ2) is 12.0. The standard InChI is InChI=1S/C24H32N4O5/c1-16(29)27-21(15-18-8-10-19(30)11-9-18)23(32)26-13-12-24(2,33)28-20(22(25)31)14-17-6-4-3-5-7-17/h3-11,20-21,28,30,33H,12-15H2,1-2H3,(H2,25,31)(H,26,32)(H,27,29)/t20?,21?,24-/m1/s1. The zero-order chi connectivity index (χ0) is 24.4. The molecular weight excluding hydrogens is 424 g/mol. The predicted octanol–water partition coefficient (Wildman–Crippen LogP) is 0.340. The Labute approximate surface area is 193 Å². The number of carbonyl (C=O) groups is 3. The van der Waals surface area contributed by atoms with Gasteiger partial charge < -0.3 is 26.6 Å². The Bertz CT molecular complexity index is 932. The molecule has 7 N–H and O–H groups in total. The van der Waals surface area contributed by atoms with Crippen molar-refractivity contribution in [2.24, 2.45) is 5.73 Å². The van der Waals surface area contributed by atoms with Crippen LogP contribution in [-0.4, -0.2) is 52.3 Å². The Hall–Kier alpha value is -3.43. The number of nitrogens with two attached hydrogens (primary N) is 1. The van der Waals surface area contributed by atoms with E-state index in [0.29, 0.717) is 6.42 Å². The molecule has 2 unspecified atom stereocenters. The molecule has 2 rings (SSSR count). The van der Waals surface area contributed by atoms with E-state index in [4.69, 9.17) is 5.73 Å². The minimum absolute atomic E-state index is 0.0985. The molecule has 178 valence electrons. The van der Waals surface area contributed by atoms with Crippen LogP contribution >= 0.6 is 0 Å². The quantitative estimate of drug-likeness (QED) is 0.253. The molecule has 0 aromatic heterocycles. The number of phenols is 1. The summed E-state index contributed by atoms with van der Waals surface area (Å²) in [4.78, 5) is 36.1. The number of primary amides is 1. The van der Waals surface area contributed by atoms with Crippen molar-refractivity contribution in [3.8, 4) is 5.75 Å². The van der Waals surface area contributed by atoms with Crippen LogP contribution in [0, 0.1) is 0 Å². The summed E-state index contributed by atoms with van der Waals surface area (Å²) in [5, 5.41) is 28.3. The fourth-order valence-electron chi connectivity index (χ4n) is 3.39. The molecule has 33 heavy (non-hydrogen) atoms. The molecule has 0 saturated carbocycles. The largest absolute Gasteiger partial charge is 0.508 e. The third-order valence-electron chi connectivity index (χ3n) is 5.09. The summed E-state index contributed by atoms with van der Waals surface area (Å²) in [6.07, 6.45) is 0.653. The van der Waals surface area contributed by atoms with E-state index in [9.17, 15) is 24.6 Å². The molecular formula is C24H32N4O5. The third-order valence-corrected chi connectivity index (χ3v) is 5.09. The van der Waals surface area contributed by atoms with Crippen molar-refractivity contribution >= 4 is 17.7 Å². The van der Waals surface area contributed by atoms with Crippen molar-refractivity contribution in [3.63, 3.8) is 0 Å². The Kier molecular flexibility index (Phi) is 9.38. The van der Waals surface area contributed by atoms with Gasteiger partial charge in [0, 0.05) is 26.3 Å². The van der Waals surface area contributed by atoms with Crippen LogP contribution in [0.1, 0.15) is 31.4 Å². The lowest BCUT2D eigenvalue weighted by molar-refractivity contribution is -0.128. The van der Waals surface area contributed by atoms with Gasteiger partial charge in [-0.15, -0.1) is 0 Å². The van der Waals surface area contributed by atoms with E-state index in [1.165, 1.54) is 26.0 Å². The molecule has 2 aromatic rings. The van der Waals surface area contributed by atoms with Gasteiger partial charge in [-0.3, -0.25) is 19.7 Å². The topological polar surface area (TPSA) is 154 Å². The van der Waals surface area contributed by atoms with Crippen LogP contribution in [0.15, 0.2) is 54.6 Å². The highest BCUT2D eigenvalue weighted by atomic mass is 16.3. The van der Waals surface area contributed by atoms with Gasteiger partial charge >= 0.3 is 0 Å². The number of hydrogen-bond acceptors (Lipinski definition) is 6. The van der Waals surface area contributed by atoms with Crippen LogP contribution in [0.5, 0.6) is 5.75 Å². The van der Waals surface area contributed by atoms with E-state index in [1.54, 1.807) is 12.1 Å². The van der Waals surface area contributed by atoms with Gasteiger partial charge in [-0.1, -0.05) is 42.5 Å². The molecule has 0 aliphatic carbocycles. The smallest absolute Gasteiger partial charge is 0.242 e. The lowest BCUT2D eigenvalue weighted by atomic mass is 10.0. The fraction of sp³-hybridized carbons (Fsp3) is 0.375. The molecule has 2 aromatic carbocycles. The van der Waals surface area contributed by atoms with Crippen molar-refractivity contribution in [1.82, 2.24) is 16.0 Å². The minimum Gasteiger partial charge on any atom is -0.508 e. The molecule has 0 heterocycles. The molecule has 0 bridgehead atoms. The number of hydrogen-bond donors (Lipinski definition) is 6. The second-order valence-electron chi connectivity index (χ2n) is 8.23. The number of rotatable bonds is 12. The van der Waals surface area contributed by atoms with Gasteiger partial charge in [0.1, 0.15) is 17.5 Å². The Balaban J connectivity index is 1.92. The summed E-state index contributed by atoms with van der Waals surface area (Å²) in [5.41, 5.74) is 5.69. The zero-order valence-corrected chi connectivity index (χ0v) is 18.9. The van der Waals surface area contributed by atoms with Crippen molar-refractivity contribution < 1.29 is 24.6 Å². The van der Waals surface area contributed by atoms with E-state index in [2.05, 4.69) is 16.0 Å². The van der Waals surface area contributed by atoms with Crippen molar-refractivity contribution in [2.45, 2.75) is 50.9 Å². The summed E-state index contributed by atoms with van der Waals surface area (Å²) >= 11 is 0.